The molecule has 20 heteroatoms. The van der Waals surface area contributed by atoms with Crippen LogP contribution in [0.5, 0.6) is 0 Å². The van der Waals surface area contributed by atoms with Gasteiger partial charge >= 0.3 is 69.7 Å². The second-order valence-electron chi connectivity index (χ2n) is 8.83. The third kappa shape index (κ3) is 3.15. The smallest absolute Gasteiger partial charge is 0.403 e. The Kier molecular flexibility index (Phi) is 5.86. The van der Waals surface area contributed by atoms with E-state index < -0.39 is 74.7 Å². The van der Waals surface area contributed by atoms with Crippen molar-refractivity contribution in [1.29, 1.82) is 0 Å². The molecule has 0 aromatic heterocycles. The van der Waals surface area contributed by atoms with Gasteiger partial charge in [-0.25, -0.2) is 0 Å². The lowest BCUT2D eigenvalue weighted by atomic mass is 11.3. The summed E-state index contributed by atoms with van der Waals surface area (Å²) in [6, 6.07) is 0. The largest absolute Gasteiger partial charge is 0.523 e. The normalized spacial score (nSPS) is 55.8. The number of rotatable bonds is 8. The molecule has 6 heterocycles. The first-order chi connectivity index (χ1) is 18.0. The molecule has 6 aliphatic heterocycles. The Morgan fingerprint density at radius 3 is 1.32 bits per heavy atom. The van der Waals surface area contributed by atoms with E-state index in [1.807, 2.05) is 0 Å². The summed E-state index contributed by atoms with van der Waals surface area (Å²) in [5.41, 5.74) is 11.7. The van der Waals surface area contributed by atoms with Gasteiger partial charge in [-0.15, -0.1) is 39.5 Å². The van der Waals surface area contributed by atoms with Crippen LogP contribution in [0.25, 0.3) is 0 Å². The van der Waals surface area contributed by atoms with Crippen LogP contribution >= 0.6 is 0 Å². The zero-order chi connectivity index (χ0) is 27.3. The van der Waals surface area contributed by atoms with Crippen LogP contribution in [0.2, 0.25) is 0 Å². The van der Waals surface area contributed by atoms with Crippen molar-refractivity contribution in [3.8, 4) is 0 Å². The molecule has 1 spiro atoms. The first-order valence-corrected chi connectivity index (χ1v) is 26.3. The molecule has 0 aliphatic carbocycles. The number of fused-ring (bicyclic) bond motifs is 3. The van der Waals surface area contributed by atoms with Crippen molar-refractivity contribution in [2.24, 2.45) is 0 Å². The van der Waals surface area contributed by atoms with Gasteiger partial charge < -0.3 is 50.3 Å². The molecule has 0 saturated carbocycles. The van der Waals surface area contributed by atoms with Crippen molar-refractivity contribution in [3.63, 3.8) is 0 Å². The minimum Gasteiger partial charge on any atom is -0.403 e. The number of hydrogen-bond donors (Lipinski definition) is 0. The predicted octanol–water partition coefficient (Wildman–Crippen LogP) is 1.40. The summed E-state index contributed by atoms with van der Waals surface area (Å²) in [7, 11) is -32.0. The second kappa shape index (κ2) is 8.14. The van der Waals surface area contributed by atoms with E-state index in [1.165, 1.54) is 45.6 Å². The molecule has 9 unspecified atom stereocenters. The van der Waals surface area contributed by atoms with Crippen LogP contribution < -0.4 is 0 Å². The molecule has 7 bridgehead atoms. The van der Waals surface area contributed by atoms with Crippen LogP contribution in [0.3, 0.4) is 0 Å². The van der Waals surface area contributed by atoms with E-state index in [0.29, 0.717) is 0 Å². The van der Waals surface area contributed by atoms with Crippen molar-refractivity contribution in [3.05, 3.63) is 98.2 Å². The van der Waals surface area contributed by atoms with Crippen LogP contribution in [0.15, 0.2) is 98.2 Å². The zero-order valence-corrected chi connectivity index (χ0v) is 28.4. The average molecular weight is 659 g/mol. The fourth-order valence-corrected chi connectivity index (χ4v) is 47.4. The van der Waals surface area contributed by atoms with Gasteiger partial charge in [0.2, 0.25) is 5.03 Å². The van der Waals surface area contributed by atoms with Crippen molar-refractivity contribution in [2.45, 2.75) is 5.03 Å². The summed E-state index contributed by atoms with van der Waals surface area (Å²) in [5, 5.41) is -1.81. The maximum atomic E-state index is 6.90. The third-order valence-corrected chi connectivity index (χ3v) is 39.9. The topological polar surface area (TPSA) is 111 Å². The summed E-state index contributed by atoms with van der Waals surface area (Å²) in [6.45, 7) is 32.0. The van der Waals surface area contributed by atoms with E-state index >= 15 is 0 Å². The molecule has 9 atom stereocenters. The van der Waals surface area contributed by atoms with Gasteiger partial charge in [-0.2, -0.15) is 0 Å². The fourth-order valence-electron chi connectivity index (χ4n) is 4.97. The van der Waals surface area contributed by atoms with Gasteiger partial charge in [0.15, 0.2) is 0 Å². The number of hydrogen-bond acceptors (Lipinski definition) is 12. The maximum Gasteiger partial charge on any atom is 0.523 e. The molecule has 0 amide bonds. The second-order valence-corrected chi connectivity index (χ2v) is 32.6. The van der Waals surface area contributed by atoms with Crippen molar-refractivity contribution in [2.75, 3.05) is 6.23 Å². The van der Waals surface area contributed by atoms with E-state index in [2.05, 4.69) is 52.6 Å². The molecule has 6 saturated heterocycles. The van der Waals surface area contributed by atoms with Gasteiger partial charge in [0, 0.05) is 0 Å². The first kappa shape index (κ1) is 27.4. The molecule has 12 nitrogen and oxygen atoms in total. The minimum absolute atomic E-state index is 0.175. The minimum atomic E-state index is -4.16. The highest BCUT2D eigenvalue weighted by molar-refractivity contribution is 7.14. The van der Waals surface area contributed by atoms with Gasteiger partial charge in [-0.05, 0) is 45.6 Å². The molecule has 0 N–H and O–H groups in total. The van der Waals surface area contributed by atoms with Crippen LogP contribution in [-0.4, -0.2) is 81.0 Å². The lowest BCUT2D eigenvalue weighted by molar-refractivity contribution is -0.107. The standard InChI is InChI=1S/C18H26O12Si8/c1-9-31-17-19-34(12-4)20-18-21-35(13-5)28-36(14-6,22-31)25-32(18,10-2)24-33(18,11-3)26-38(16-8,27-34)30-37(15-7,23-31)29-35/h9-16H,1-8,17H2. The van der Waals surface area contributed by atoms with Crippen molar-refractivity contribution in [1.82, 2.24) is 0 Å². The summed E-state index contributed by atoms with van der Waals surface area (Å²) in [4.78, 5) is 0. The molecule has 38 heavy (non-hydrogen) atoms. The van der Waals surface area contributed by atoms with E-state index in [4.69, 9.17) is 50.3 Å². The highest BCUT2D eigenvalue weighted by atomic mass is 28.6. The summed E-state index contributed by atoms with van der Waals surface area (Å²) < 4.78 is 80.6. The zero-order valence-electron chi connectivity index (χ0n) is 20.4. The highest BCUT2D eigenvalue weighted by Gasteiger charge is 2.94. The maximum absolute atomic E-state index is 6.90. The molecule has 0 aromatic carbocycles. The van der Waals surface area contributed by atoms with E-state index in [-0.39, 0.29) is 6.23 Å². The quantitative estimate of drug-likeness (QED) is 0.352. The molecule has 202 valence electrons. The Labute approximate surface area is 228 Å². The van der Waals surface area contributed by atoms with E-state index in [0.717, 1.165) is 0 Å². The third-order valence-electron chi connectivity index (χ3n) is 6.72. The van der Waals surface area contributed by atoms with Crippen LogP contribution in [0.4, 0.5) is 0 Å². The van der Waals surface area contributed by atoms with E-state index in [9.17, 15) is 0 Å². The summed E-state index contributed by atoms with van der Waals surface area (Å²) in [6.07, 6.45) is -0.175. The molecular weight excluding hydrogens is 633 g/mol. The summed E-state index contributed by atoms with van der Waals surface area (Å²) >= 11 is 0. The average Bonchev–Trinajstić information content (AvgIpc) is 3.02. The van der Waals surface area contributed by atoms with Crippen LogP contribution in [0, 0.1) is 0 Å². The molecular formula is C18H26O12Si8. The lowest BCUT2D eigenvalue weighted by Gasteiger charge is -2.62. The molecule has 0 aromatic rings. The Morgan fingerprint density at radius 1 is 0.421 bits per heavy atom. The van der Waals surface area contributed by atoms with Crippen molar-refractivity contribution < 1.29 is 50.3 Å². The van der Waals surface area contributed by atoms with Gasteiger partial charge in [0.05, 0.1) is 6.23 Å². The van der Waals surface area contributed by atoms with Crippen LogP contribution in [-0.2, 0) is 50.3 Å². The SMILES string of the molecule is C=C[Si]12CO[Si]3(C=C)OC45O[Si]6(C=C)O[Si](C=C)(O1)O[Si](C=C)(O3)O[Si]4(C=C)O[Si]5(C=C)O[Si](C=C)(O2)O6. The van der Waals surface area contributed by atoms with Gasteiger partial charge in [-0.1, -0.05) is 13.2 Å². The Morgan fingerprint density at radius 2 is 0.842 bits per heavy atom. The first-order valence-electron chi connectivity index (χ1n) is 11.4. The van der Waals surface area contributed by atoms with Crippen molar-refractivity contribution >= 4 is 69.7 Å². The fraction of sp³-hybridized carbons (Fsp3) is 0.111. The molecule has 6 aliphatic rings. The van der Waals surface area contributed by atoms with Gasteiger partial charge in [0.1, 0.15) is 0 Å². The molecule has 0 radical (unpaired) electrons. The Balaban J connectivity index is 1.82. The van der Waals surface area contributed by atoms with Gasteiger partial charge in [0.25, 0.3) is 0 Å². The van der Waals surface area contributed by atoms with E-state index in [1.54, 1.807) is 0 Å². The predicted molar refractivity (Wildman–Crippen MR) is 148 cm³/mol. The van der Waals surface area contributed by atoms with Crippen LogP contribution in [0.1, 0.15) is 0 Å². The molecule has 6 fully saturated rings. The Hall–Kier alpha value is -0.825. The Bertz CT molecular complexity index is 1220. The highest BCUT2D eigenvalue weighted by Crippen LogP contribution is 2.60. The lowest BCUT2D eigenvalue weighted by Crippen LogP contribution is -2.93. The summed E-state index contributed by atoms with van der Waals surface area (Å²) in [5.74, 6) is 0. The monoisotopic (exact) mass is 658 g/mol. The molecule has 6 rings (SSSR count). The van der Waals surface area contributed by atoms with Gasteiger partial charge in [-0.3, -0.25) is 0 Å².